The van der Waals surface area contributed by atoms with Gasteiger partial charge in [-0.3, -0.25) is 4.99 Å². The highest BCUT2D eigenvalue weighted by molar-refractivity contribution is 5.79. The number of nitrogens with zero attached hydrogens (tertiary/aromatic N) is 3. The SMILES string of the molecule is CN=C(NCCc1ccn(-c2ccc(F)cc2)n1)NCCc1cc(C)ccc1OC. The number of nitrogens with one attached hydrogen (secondary N) is 2. The summed E-state index contributed by atoms with van der Waals surface area (Å²) in [6.45, 7) is 3.53. The van der Waals surface area contributed by atoms with Crippen LogP contribution in [-0.2, 0) is 12.8 Å². The Hall–Kier alpha value is -3.35. The number of guanidine groups is 1. The normalized spacial score (nSPS) is 11.4. The molecule has 6 nitrogen and oxygen atoms in total. The van der Waals surface area contributed by atoms with Crippen LogP contribution in [0.3, 0.4) is 0 Å². The van der Waals surface area contributed by atoms with Crippen molar-refractivity contribution in [3.05, 3.63) is 77.4 Å². The van der Waals surface area contributed by atoms with Gasteiger partial charge in [0, 0.05) is 32.8 Å². The Morgan fingerprint density at radius 3 is 2.50 bits per heavy atom. The van der Waals surface area contributed by atoms with E-state index in [0.717, 1.165) is 42.5 Å². The van der Waals surface area contributed by atoms with Gasteiger partial charge in [-0.05, 0) is 55.3 Å². The van der Waals surface area contributed by atoms with E-state index < -0.39 is 0 Å². The van der Waals surface area contributed by atoms with Gasteiger partial charge in [0.05, 0.1) is 18.5 Å². The quantitative estimate of drug-likeness (QED) is 0.443. The number of rotatable bonds is 8. The lowest BCUT2D eigenvalue weighted by atomic mass is 10.1. The molecule has 2 aromatic carbocycles. The summed E-state index contributed by atoms with van der Waals surface area (Å²) in [5.74, 6) is 1.40. The van der Waals surface area contributed by atoms with Crippen LogP contribution in [0, 0.1) is 12.7 Å². The van der Waals surface area contributed by atoms with Crippen LogP contribution in [0.5, 0.6) is 5.75 Å². The second-order valence-corrected chi connectivity index (χ2v) is 6.97. The first-order valence-electron chi connectivity index (χ1n) is 9.97. The Labute approximate surface area is 176 Å². The average Bonchev–Trinajstić information content (AvgIpc) is 3.22. The maximum absolute atomic E-state index is 13.1. The summed E-state index contributed by atoms with van der Waals surface area (Å²) in [6.07, 6.45) is 3.47. The van der Waals surface area contributed by atoms with Gasteiger partial charge in [0.1, 0.15) is 11.6 Å². The second-order valence-electron chi connectivity index (χ2n) is 6.97. The molecule has 2 N–H and O–H groups in total. The molecule has 0 amide bonds. The molecule has 0 aliphatic rings. The third kappa shape index (κ3) is 5.83. The summed E-state index contributed by atoms with van der Waals surface area (Å²) >= 11 is 0. The third-order valence-corrected chi connectivity index (χ3v) is 4.76. The van der Waals surface area contributed by atoms with Gasteiger partial charge in [-0.25, -0.2) is 9.07 Å². The molecular weight excluding hydrogens is 381 g/mol. The minimum atomic E-state index is -0.255. The molecule has 1 heterocycles. The number of benzene rings is 2. The Balaban J connectivity index is 1.45. The van der Waals surface area contributed by atoms with Crippen molar-refractivity contribution in [3.8, 4) is 11.4 Å². The monoisotopic (exact) mass is 409 g/mol. The second kappa shape index (κ2) is 10.4. The van der Waals surface area contributed by atoms with Crippen LogP contribution in [0.2, 0.25) is 0 Å². The molecule has 3 rings (SSSR count). The minimum absolute atomic E-state index is 0.255. The Kier molecular flexibility index (Phi) is 7.43. The molecular formula is C23H28FN5O. The average molecular weight is 410 g/mol. The fourth-order valence-corrected chi connectivity index (χ4v) is 3.18. The van der Waals surface area contributed by atoms with Crippen LogP contribution in [-0.4, -0.2) is 43.0 Å². The summed E-state index contributed by atoms with van der Waals surface area (Å²) < 4.78 is 20.2. The molecule has 0 bridgehead atoms. The molecule has 0 atom stereocenters. The highest BCUT2D eigenvalue weighted by Gasteiger charge is 2.05. The first-order valence-corrected chi connectivity index (χ1v) is 9.97. The van der Waals surface area contributed by atoms with Gasteiger partial charge in [-0.2, -0.15) is 5.10 Å². The first-order chi connectivity index (χ1) is 14.6. The van der Waals surface area contributed by atoms with Gasteiger partial charge in [0.15, 0.2) is 5.96 Å². The molecule has 0 unspecified atom stereocenters. The lowest BCUT2D eigenvalue weighted by molar-refractivity contribution is 0.409. The van der Waals surface area contributed by atoms with Gasteiger partial charge in [0.2, 0.25) is 0 Å². The van der Waals surface area contributed by atoms with Crippen LogP contribution in [0.15, 0.2) is 59.7 Å². The molecule has 30 heavy (non-hydrogen) atoms. The molecule has 0 fully saturated rings. The van der Waals surface area contributed by atoms with Crippen molar-refractivity contribution < 1.29 is 9.13 Å². The summed E-state index contributed by atoms with van der Waals surface area (Å²) in [6, 6.07) is 14.4. The number of hydrogen-bond donors (Lipinski definition) is 2. The Bertz CT molecular complexity index is 982. The van der Waals surface area contributed by atoms with Crippen LogP contribution < -0.4 is 15.4 Å². The van der Waals surface area contributed by atoms with Crippen molar-refractivity contribution in [1.29, 1.82) is 0 Å². The van der Waals surface area contributed by atoms with Crippen molar-refractivity contribution in [1.82, 2.24) is 20.4 Å². The highest BCUT2D eigenvalue weighted by Crippen LogP contribution is 2.19. The molecule has 0 aliphatic heterocycles. The Morgan fingerprint density at radius 2 is 1.80 bits per heavy atom. The smallest absolute Gasteiger partial charge is 0.190 e. The lowest BCUT2D eigenvalue weighted by Crippen LogP contribution is -2.39. The molecule has 0 saturated heterocycles. The van der Waals surface area contributed by atoms with Crippen LogP contribution in [0.25, 0.3) is 5.69 Å². The largest absolute Gasteiger partial charge is 0.496 e. The minimum Gasteiger partial charge on any atom is -0.496 e. The number of aliphatic imine (C=N–C) groups is 1. The van der Waals surface area contributed by atoms with Gasteiger partial charge >= 0.3 is 0 Å². The molecule has 158 valence electrons. The fourth-order valence-electron chi connectivity index (χ4n) is 3.18. The number of ether oxygens (including phenoxy) is 1. The van der Waals surface area contributed by atoms with Crippen molar-refractivity contribution in [2.45, 2.75) is 19.8 Å². The van der Waals surface area contributed by atoms with Crippen molar-refractivity contribution in [3.63, 3.8) is 0 Å². The van der Waals surface area contributed by atoms with Crippen LogP contribution in [0.1, 0.15) is 16.8 Å². The lowest BCUT2D eigenvalue weighted by Gasteiger charge is -2.13. The zero-order valence-corrected chi connectivity index (χ0v) is 17.7. The van der Waals surface area contributed by atoms with E-state index in [0.29, 0.717) is 6.54 Å². The molecule has 3 aromatic rings. The molecule has 0 aliphatic carbocycles. The van der Waals surface area contributed by atoms with Crippen LogP contribution in [0.4, 0.5) is 4.39 Å². The van der Waals surface area contributed by atoms with Crippen molar-refractivity contribution in [2.75, 3.05) is 27.2 Å². The van der Waals surface area contributed by atoms with E-state index in [4.69, 9.17) is 4.74 Å². The standard InChI is InChI=1S/C23H28FN5O/c1-17-4-9-22(30-3)18(16-17)10-13-26-23(25-2)27-14-11-20-12-15-29(28-20)21-7-5-19(24)6-8-21/h4-9,12,15-16H,10-11,13-14H2,1-3H3,(H2,25,26,27). The summed E-state index contributed by atoms with van der Waals surface area (Å²) in [4.78, 5) is 4.27. The number of methoxy groups -OCH3 is 1. The summed E-state index contributed by atoms with van der Waals surface area (Å²) in [7, 11) is 3.45. The van der Waals surface area contributed by atoms with Crippen LogP contribution >= 0.6 is 0 Å². The van der Waals surface area contributed by atoms with Gasteiger partial charge in [-0.15, -0.1) is 0 Å². The topological polar surface area (TPSA) is 63.5 Å². The van der Waals surface area contributed by atoms with E-state index in [2.05, 4.69) is 33.7 Å². The Morgan fingerprint density at radius 1 is 1.07 bits per heavy atom. The van der Waals surface area contributed by atoms with E-state index in [1.54, 1.807) is 31.0 Å². The molecule has 1 aromatic heterocycles. The molecule has 0 radical (unpaired) electrons. The number of aromatic nitrogens is 2. The zero-order valence-electron chi connectivity index (χ0n) is 17.7. The number of hydrogen-bond acceptors (Lipinski definition) is 3. The highest BCUT2D eigenvalue weighted by atomic mass is 19.1. The van der Waals surface area contributed by atoms with E-state index in [1.165, 1.54) is 23.3 Å². The van der Waals surface area contributed by atoms with E-state index in [-0.39, 0.29) is 5.82 Å². The van der Waals surface area contributed by atoms with Gasteiger partial charge in [-0.1, -0.05) is 17.7 Å². The van der Waals surface area contributed by atoms with E-state index in [9.17, 15) is 4.39 Å². The zero-order chi connectivity index (χ0) is 21.3. The first kappa shape index (κ1) is 21.4. The van der Waals surface area contributed by atoms with Crippen molar-refractivity contribution in [2.24, 2.45) is 4.99 Å². The van der Waals surface area contributed by atoms with Crippen molar-refractivity contribution >= 4 is 5.96 Å². The summed E-state index contributed by atoms with van der Waals surface area (Å²) in [5.41, 5.74) is 4.17. The molecule has 7 heteroatoms. The number of aryl methyl sites for hydroxylation is 1. The van der Waals surface area contributed by atoms with Gasteiger partial charge in [0.25, 0.3) is 0 Å². The fraction of sp³-hybridized carbons (Fsp3) is 0.304. The molecule has 0 saturated carbocycles. The maximum atomic E-state index is 13.1. The molecule has 0 spiro atoms. The van der Waals surface area contributed by atoms with E-state index in [1.807, 2.05) is 24.4 Å². The third-order valence-electron chi connectivity index (χ3n) is 4.76. The summed E-state index contributed by atoms with van der Waals surface area (Å²) in [5, 5.41) is 11.2. The van der Waals surface area contributed by atoms with Gasteiger partial charge < -0.3 is 15.4 Å². The predicted molar refractivity (Wildman–Crippen MR) is 118 cm³/mol. The maximum Gasteiger partial charge on any atom is 0.190 e. The van der Waals surface area contributed by atoms with E-state index >= 15 is 0 Å². The number of halogens is 1. The predicted octanol–water partition coefficient (Wildman–Crippen LogP) is 3.28.